The van der Waals surface area contributed by atoms with Crippen LogP contribution in [0.25, 0.3) is 21.9 Å². The van der Waals surface area contributed by atoms with Crippen molar-refractivity contribution in [3.63, 3.8) is 0 Å². The number of H-pyrrole nitrogens is 1. The molecule has 3 N–H and O–H groups in total. The Morgan fingerprint density at radius 3 is 2.63 bits per heavy atom. The summed E-state index contributed by atoms with van der Waals surface area (Å²) in [7, 11) is 0. The molecule has 3 heterocycles. The minimum Gasteiger partial charge on any atom is -0.374 e. The van der Waals surface area contributed by atoms with Gasteiger partial charge in [0.2, 0.25) is 0 Å². The monoisotopic (exact) mass is 492 g/mol. The number of fused-ring (bicyclic) bond motifs is 2. The molecule has 0 aliphatic carbocycles. The number of benzene rings is 2. The highest BCUT2D eigenvalue weighted by molar-refractivity contribution is 6.35. The van der Waals surface area contributed by atoms with Gasteiger partial charge in [-0.25, -0.2) is 19.0 Å². The summed E-state index contributed by atoms with van der Waals surface area (Å²) < 4.78 is 14.8. The fourth-order valence-electron chi connectivity index (χ4n) is 3.83. The van der Waals surface area contributed by atoms with Crippen molar-refractivity contribution in [1.29, 1.82) is 0 Å². The maximum Gasteiger partial charge on any atom is 0.281 e. The maximum absolute atomic E-state index is 13.5. The summed E-state index contributed by atoms with van der Waals surface area (Å²) in [5, 5.41) is 5.06. The molecule has 7 nitrogen and oxygen atoms in total. The quantitative estimate of drug-likeness (QED) is 0.251. The first-order valence-corrected chi connectivity index (χ1v) is 11.9. The summed E-state index contributed by atoms with van der Waals surface area (Å²) in [5.74, 6) is 0.108. The van der Waals surface area contributed by atoms with Crippen molar-refractivity contribution >= 4 is 44.9 Å². The second-order valence-electron chi connectivity index (χ2n) is 7.57. The van der Waals surface area contributed by atoms with E-state index in [1.54, 1.807) is 36.5 Å². The van der Waals surface area contributed by atoms with E-state index in [4.69, 9.17) is 16.6 Å². The van der Waals surface area contributed by atoms with Gasteiger partial charge in [0.25, 0.3) is 5.56 Å². The predicted octanol–water partition coefficient (Wildman–Crippen LogP) is 6.53. The first kappa shape index (κ1) is 24.2. The molecule has 0 saturated carbocycles. The maximum atomic E-state index is 13.5. The minimum atomic E-state index is -0.367. The lowest BCUT2D eigenvalue weighted by molar-refractivity contribution is 0.626. The van der Waals surface area contributed by atoms with Crippen molar-refractivity contribution in [3.05, 3.63) is 94.0 Å². The third-order valence-corrected chi connectivity index (χ3v) is 5.78. The normalized spacial score (nSPS) is 11.7. The fourth-order valence-corrected chi connectivity index (χ4v) is 4.08. The summed E-state index contributed by atoms with van der Waals surface area (Å²) >= 11 is 6.35. The third kappa shape index (κ3) is 4.83. The predicted molar refractivity (Wildman–Crippen MR) is 141 cm³/mol. The van der Waals surface area contributed by atoms with Gasteiger partial charge < -0.3 is 10.3 Å². The van der Waals surface area contributed by atoms with Gasteiger partial charge in [-0.1, -0.05) is 38.4 Å². The number of aromatic nitrogens is 4. The highest BCUT2D eigenvalue weighted by atomic mass is 35.5. The molecule has 5 rings (SSSR count). The number of pyridine rings is 1. The van der Waals surface area contributed by atoms with Gasteiger partial charge in [-0.2, -0.15) is 0 Å². The molecule has 5 aromatic rings. The molecule has 1 unspecified atom stereocenters. The van der Waals surface area contributed by atoms with Crippen LogP contribution in [0, 0.1) is 5.82 Å². The highest BCUT2D eigenvalue weighted by Gasteiger charge is 2.21. The van der Waals surface area contributed by atoms with Gasteiger partial charge in [0.1, 0.15) is 11.5 Å². The number of halogens is 2. The van der Waals surface area contributed by atoms with Crippen LogP contribution < -0.4 is 16.3 Å². The molecule has 2 aromatic carbocycles. The van der Waals surface area contributed by atoms with Crippen molar-refractivity contribution in [3.8, 4) is 0 Å². The lowest BCUT2D eigenvalue weighted by Crippen LogP contribution is -2.34. The largest absolute Gasteiger partial charge is 0.374 e. The van der Waals surface area contributed by atoms with Crippen LogP contribution in [-0.2, 0) is 0 Å². The van der Waals surface area contributed by atoms with Crippen LogP contribution in [0.1, 0.15) is 39.1 Å². The van der Waals surface area contributed by atoms with Gasteiger partial charge in [0.15, 0.2) is 5.82 Å². The van der Waals surface area contributed by atoms with E-state index in [9.17, 15) is 9.18 Å². The summed E-state index contributed by atoms with van der Waals surface area (Å²) in [6.45, 7) is 6.00. The Balaban J connectivity index is 0.00000141. The second kappa shape index (κ2) is 10.6. The van der Waals surface area contributed by atoms with Crippen LogP contribution in [0.15, 0.2) is 71.8 Å². The lowest BCUT2D eigenvalue weighted by Gasteiger charge is -2.23. The molecule has 0 saturated heterocycles. The molecule has 0 aliphatic heterocycles. The Morgan fingerprint density at radius 1 is 1.11 bits per heavy atom. The zero-order valence-corrected chi connectivity index (χ0v) is 20.4. The molecule has 0 radical (unpaired) electrons. The molecule has 0 fully saturated rings. The van der Waals surface area contributed by atoms with E-state index in [1.165, 1.54) is 16.8 Å². The smallest absolute Gasteiger partial charge is 0.281 e. The zero-order valence-electron chi connectivity index (χ0n) is 19.6. The third-order valence-electron chi connectivity index (χ3n) is 5.47. The van der Waals surface area contributed by atoms with Crippen molar-refractivity contribution in [1.82, 2.24) is 19.6 Å². The van der Waals surface area contributed by atoms with Crippen molar-refractivity contribution in [2.45, 2.75) is 33.2 Å². The number of hydrogen-bond acceptors (Lipinski definition) is 5. The molecule has 0 spiro atoms. The van der Waals surface area contributed by atoms with Gasteiger partial charge in [0.05, 0.1) is 27.7 Å². The molecule has 180 valence electrons. The Kier molecular flexibility index (Phi) is 7.31. The van der Waals surface area contributed by atoms with E-state index < -0.39 is 0 Å². The fraction of sp³-hybridized carbons (Fsp3) is 0.192. The average Bonchev–Trinajstić information content (AvgIpc) is 3.36. The SMILES string of the molecule is CC.CCC(Nc1ccnc2[nH]ccc12)c1nc2cccc(Cl)c2c(=O)n1Nc1ccc(F)cc1. The molecular formula is C26H26ClFN6O. The topological polar surface area (TPSA) is 87.6 Å². The van der Waals surface area contributed by atoms with E-state index in [1.807, 2.05) is 39.1 Å². The molecule has 3 aromatic heterocycles. The van der Waals surface area contributed by atoms with Crippen LogP contribution in [0.2, 0.25) is 5.02 Å². The van der Waals surface area contributed by atoms with Gasteiger partial charge >= 0.3 is 0 Å². The van der Waals surface area contributed by atoms with E-state index in [0.717, 1.165) is 16.7 Å². The van der Waals surface area contributed by atoms with Gasteiger partial charge in [-0.05, 0) is 55.0 Å². The first-order chi connectivity index (χ1) is 17.0. The van der Waals surface area contributed by atoms with Gasteiger partial charge in [-0.3, -0.25) is 10.2 Å². The Bertz CT molecular complexity index is 1510. The second-order valence-corrected chi connectivity index (χ2v) is 7.97. The summed E-state index contributed by atoms with van der Waals surface area (Å²) in [4.78, 5) is 25.8. The Labute approximate surface area is 207 Å². The van der Waals surface area contributed by atoms with Gasteiger partial charge in [0, 0.05) is 23.5 Å². The molecular weight excluding hydrogens is 467 g/mol. The minimum absolute atomic E-state index is 0.310. The Morgan fingerprint density at radius 2 is 1.89 bits per heavy atom. The molecule has 0 amide bonds. The molecule has 9 heteroatoms. The average molecular weight is 493 g/mol. The lowest BCUT2D eigenvalue weighted by atomic mass is 10.1. The number of nitrogens with zero attached hydrogens (tertiary/aromatic N) is 3. The van der Waals surface area contributed by atoms with E-state index in [0.29, 0.717) is 33.9 Å². The highest BCUT2D eigenvalue weighted by Crippen LogP contribution is 2.28. The molecule has 0 aliphatic rings. The number of aromatic amines is 1. The van der Waals surface area contributed by atoms with E-state index in [2.05, 4.69) is 20.7 Å². The number of anilines is 2. The van der Waals surface area contributed by atoms with Crippen LogP contribution in [-0.4, -0.2) is 19.6 Å². The number of nitrogens with one attached hydrogen (secondary N) is 3. The van der Waals surface area contributed by atoms with Crippen LogP contribution in [0.4, 0.5) is 15.8 Å². The van der Waals surface area contributed by atoms with Crippen molar-refractivity contribution in [2.75, 3.05) is 10.7 Å². The number of hydrogen-bond donors (Lipinski definition) is 3. The van der Waals surface area contributed by atoms with Gasteiger partial charge in [-0.15, -0.1) is 0 Å². The summed E-state index contributed by atoms with van der Waals surface area (Å²) in [6, 6.07) is 14.4. The Hall–Kier alpha value is -3.91. The van der Waals surface area contributed by atoms with Crippen LogP contribution >= 0.6 is 11.6 Å². The standard InChI is InChI=1S/C24H20ClFN6O.C2H6/c1-2-18(29-19-11-13-28-22-16(19)10-12-27-22)23-30-20-5-3-4-17(25)21(20)24(33)32(23)31-15-8-6-14(26)7-9-15;1-2/h3-13,18,31H,2H2,1H3,(H2,27,28,29);1-2H3. The first-order valence-electron chi connectivity index (χ1n) is 11.5. The van der Waals surface area contributed by atoms with Crippen molar-refractivity contribution < 1.29 is 4.39 Å². The van der Waals surface area contributed by atoms with Crippen LogP contribution in [0.5, 0.6) is 0 Å². The van der Waals surface area contributed by atoms with Crippen LogP contribution in [0.3, 0.4) is 0 Å². The number of rotatable bonds is 6. The zero-order chi connectivity index (χ0) is 24.9. The molecule has 35 heavy (non-hydrogen) atoms. The van der Waals surface area contributed by atoms with Crippen molar-refractivity contribution in [2.24, 2.45) is 0 Å². The van der Waals surface area contributed by atoms with E-state index >= 15 is 0 Å². The molecule has 0 bridgehead atoms. The summed E-state index contributed by atoms with van der Waals surface area (Å²) in [5.41, 5.74) is 5.40. The van der Waals surface area contributed by atoms with E-state index in [-0.39, 0.29) is 17.4 Å². The molecule has 1 atom stereocenters. The summed E-state index contributed by atoms with van der Waals surface area (Å²) in [6.07, 6.45) is 4.18.